The summed E-state index contributed by atoms with van der Waals surface area (Å²) in [7, 11) is 0. The molecule has 86 valence electrons. The van der Waals surface area contributed by atoms with Crippen LogP contribution in [0.3, 0.4) is 0 Å². The Bertz CT molecular complexity index is 462. The average molecular weight is 232 g/mol. The maximum Gasteiger partial charge on any atom is 0.354 e. The van der Waals surface area contributed by atoms with Gasteiger partial charge in [0.25, 0.3) is 12.1 Å². The predicted octanol–water partition coefficient (Wildman–Crippen LogP) is 1.93. The first kappa shape index (κ1) is 12.0. The van der Waals surface area contributed by atoms with Crippen molar-refractivity contribution in [2.24, 2.45) is 0 Å². The van der Waals surface area contributed by atoms with Crippen LogP contribution in [-0.4, -0.2) is 21.0 Å². The fourth-order valence-corrected chi connectivity index (χ4v) is 1.13. The van der Waals surface area contributed by atoms with E-state index in [1.807, 2.05) is 0 Å². The zero-order chi connectivity index (χ0) is 12.5. The van der Waals surface area contributed by atoms with E-state index in [0.29, 0.717) is 6.07 Å². The first-order chi connectivity index (χ1) is 7.34. The highest BCUT2D eigenvalue weighted by Gasteiger charge is 2.24. The Morgan fingerprint density at radius 2 is 2.19 bits per heavy atom. The number of rotatable bonds is 3. The van der Waals surface area contributed by atoms with E-state index in [2.05, 4.69) is 4.98 Å². The lowest BCUT2D eigenvalue weighted by Gasteiger charge is -2.05. The number of alkyl halides is 2. The van der Waals surface area contributed by atoms with Gasteiger partial charge in [-0.2, -0.15) is 0 Å². The summed E-state index contributed by atoms with van der Waals surface area (Å²) in [4.78, 5) is 23.3. The summed E-state index contributed by atoms with van der Waals surface area (Å²) in [6, 6.07) is 0.656. The maximum absolute atomic E-state index is 12.4. The van der Waals surface area contributed by atoms with Crippen molar-refractivity contribution in [2.45, 2.75) is 13.3 Å². The quantitative estimate of drug-likeness (QED) is 0.634. The molecule has 0 bridgehead atoms. The van der Waals surface area contributed by atoms with Gasteiger partial charge in [0, 0.05) is 6.07 Å². The Morgan fingerprint density at radius 3 is 2.56 bits per heavy atom. The molecule has 1 aromatic heterocycles. The molecule has 0 atom stereocenters. The highest BCUT2D eigenvalue weighted by molar-refractivity contribution is 5.86. The second kappa shape index (κ2) is 4.17. The lowest BCUT2D eigenvalue weighted by molar-refractivity contribution is -0.385. The van der Waals surface area contributed by atoms with Crippen molar-refractivity contribution in [2.75, 3.05) is 0 Å². The molecule has 1 rings (SSSR count). The van der Waals surface area contributed by atoms with E-state index >= 15 is 0 Å². The minimum Gasteiger partial charge on any atom is -0.477 e. The number of aromatic carboxylic acids is 1. The van der Waals surface area contributed by atoms with Crippen LogP contribution >= 0.6 is 0 Å². The molecule has 0 unspecified atom stereocenters. The van der Waals surface area contributed by atoms with Crippen molar-refractivity contribution in [1.82, 2.24) is 4.98 Å². The lowest BCUT2D eigenvalue weighted by Crippen LogP contribution is -2.08. The van der Waals surface area contributed by atoms with Crippen molar-refractivity contribution >= 4 is 11.7 Å². The van der Waals surface area contributed by atoms with Crippen LogP contribution in [0.15, 0.2) is 6.07 Å². The van der Waals surface area contributed by atoms with Crippen molar-refractivity contribution < 1.29 is 23.6 Å². The highest BCUT2D eigenvalue weighted by atomic mass is 19.3. The topological polar surface area (TPSA) is 93.3 Å². The molecule has 0 amide bonds. The molecule has 0 saturated carbocycles. The number of hydrogen-bond donors (Lipinski definition) is 1. The molecule has 1 aromatic rings. The van der Waals surface area contributed by atoms with E-state index in [0.717, 1.165) is 6.92 Å². The number of halogens is 2. The molecular weight excluding hydrogens is 226 g/mol. The van der Waals surface area contributed by atoms with Crippen molar-refractivity contribution in [3.8, 4) is 0 Å². The average Bonchev–Trinajstić information content (AvgIpc) is 2.16. The summed E-state index contributed by atoms with van der Waals surface area (Å²) in [5.41, 5.74) is -2.66. The molecule has 0 fully saturated rings. The van der Waals surface area contributed by atoms with Gasteiger partial charge in [-0.3, -0.25) is 10.1 Å². The van der Waals surface area contributed by atoms with Crippen LogP contribution in [0.5, 0.6) is 0 Å². The Labute approximate surface area is 87.7 Å². The number of carbonyl (C=O) groups is 1. The lowest BCUT2D eigenvalue weighted by atomic mass is 10.1. The van der Waals surface area contributed by atoms with Crippen LogP contribution in [-0.2, 0) is 0 Å². The summed E-state index contributed by atoms with van der Waals surface area (Å²) in [5, 5.41) is 19.1. The largest absolute Gasteiger partial charge is 0.477 e. The van der Waals surface area contributed by atoms with Gasteiger partial charge < -0.3 is 5.11 Å². The molecule has 0 aliphatic carbocycles. The number of nitro groups is 1. The third kappa shape index (κ3) is 2.10. The van der Waals surface area contributed by atoms with Crippen molar-refractivity contribution in [1.29, 1.82) is 0 Å². The molecule has 16 heavy (non-hydrogen) atoms. The number of carboxylic acid groups (broad SMARTS) is 1. The minimum absolute atomic E-state index is 0.329. The van der Waals surface area contributed by atoms with Gasteiger partial charge in [-0.15, -0.1) is 0 Å². The van der Waals surface area contributed by atoms with E-state index in [9.17, 15) is 23.7 Å². The molecule has 0 saturated heterocycles. The molecule has 6 nitrogen and oxygen atoms in total. The van der Waals surface area contributed by atoms with Gasteiger partial charge in [-0.25, -0.2) is 18.6 Å². The van der Waals surface area contributed by atoms with Crippen LogP contribution < -0.4 is 0 Å². The molecule has 0 aromatic carbocycles. The fraction of sp³-hybridized carbons (Fsp3) is 0.250. The number of nitrogens with zero attached hydrogens (tertiary/aromatic N) is 2. The zero-order valence-corrected chi connectivity index (χ0v) is 7.98. The third-order valence-electron chi connectivity index (χ3n) is 1.91. The summed E-state index contributed by atoms with van der Waals surface area (Å²) >= 11 is 0. The van der Waals surface area contributed by atoms with Gasteiger partial charge in [0.15, 0.2) is 5.69 Å². The summed E-state index contributed by atoms with van der Waals surface area (Å²) in [6.07, 6.45) is -3.06. The molecule has 0 aliphatic rings. The normalized spacial score (nSPS) is 10.5. The second-order valence-electron chi connectivity index (χ2n) is 2.90. The zero-order valence-electron chi connectivity index (χ0n) is 7.98. The Kier molecular flexibility index (Phi) is 3.11. The Hall–Kier alpha value is -2.12. The fourth-order valence-electron chi connectivity index (χ4n) is 1.13. The number of aromatic nitrogens is 1. The van der Waals surface area contributed by atoms with E-state index < -0.39 is 34.4 Å². The molecule has 0 radical (unpaired) electrons. The molecule has 1 N–H and O–H groups in total. The Morgan fingerprint density at radius 1 is 1.62 bits per heavy atom. The van der Waals surface area contributed by atoms with Crippen molar-refractivity contribution in [3.05, 3.63) is 33.1 Å². The number of carboxylic acids is 1. The summed E-state index contributed by atoms with van der Waals surface area (Å²) in [6.45, 7) is 1.10. The van der Waals surface area contributed by atoms with Gasteiger partial charge in [0.2, 0.25) is 0 Å². The molecule has 8 heteroatoms. The SMILES string of the molecule is Cc1c([N+](=O)[O-])cc(C(=O)O)nc1C(F)F. The minimum atomic E-state index is -3.06. The smallest absolute Gasteiger partial charge is 0.354 e. The van der Waals surface area contributed by atoms with E-state index in [-0.39, 0.29) is 5.56 Å². The van der Waals surface area contributed by atoms with Gasteiger partial charge in [0.1, 0.15) is 5.69 Å². The van der Waals surface area contributed by atoms with Crippen LogP contribution in [0, 0.1) is 17.0 Å². The molecule has 1 heterocycles. The first-order valence-corrected chi connectivity index (χ1v) is 4.02. The van der Waals surface area contributed by atoms with Crippen LogP contribution in [0.4, 0.5) is 14.5 Å². The highest BCUT2D eigenvalue weighted by Crippen LogP contribution is 2.28. The van der Waals surface area contributed by atoms with E-state index in [1.54, 1.807) is 0 Å². The van der Waals surface area contributed by atoms with Gasteiger partial charge in [-0.1, -0.05) is 0 Å². The van der Waals surface area contributed by atoms with Gasteiger partial charge in [-0.05, 0) is 6.92 Å². The summed E-state index contributed by atoms with van der Waals surface area (Å²) in [5.74, 6) is -1.59. The Balaban J connectivity index is 3.51. The number of pyridine rings is 1. The molecule has 0 spiro atoms. The summed E-state index contributed by atoms with van der Waals surface area (Å²) < 4.78 is 24.9. The van der Waals surface area contributed by atoms with Crippen LogP contribution in [0.25, 0.3) is 0 Å². The maximum atomic E-state index is 12.4. The van der Waals surface area contributed by atoms with Crippen LogP contribution in [0.1, 0.15) is 28.2 Å². The standard InChI is InChI=1S/C8H6F2N2O4/c1-3-5(12(15)16)2-4(8(13)14)11-6(3)7(9)10/h2,7H,1H3,(H,13,14). The number of hydrogen-bond acceptors (Lipinski definition) is 4. The van der Waals surface area contributed by atoms with E-state index in [1.165, 1.54) is 0 Å². The third-order valence-corrected chi connectivity index (χ3v) is 1.91. The van der Waals surface area contributed by atoms with Crippen molar-refractivity contribution in [3.63, 3.8) is 0 Å². The van der Waals surface area contributed by atoms with Gasteiger partial charge in [0.05, 0.1) is 10.5 Å². The second-order valence-corrected chi connectivity index (χ2v) is 2.90. The van der Waals surface area contributed by atoms with Crippen LogP contribution in [0.2, 0.25) is 0 Å². The van der Waals surface area contributed by atoms with Gasteiger partial charge >= 0.3 is 5.97 Å². The molecular formula is C8H6F2N2O4. The van der Waals surface area contributed by atoms with E-state index in [4.69, 9.17) is 5.11 Å². The molecule has 0 aliphatic heterocycles. The first-order valence-electron chi connectivity index (χ1n) is 4.02. The monoisotopic (exact) mass is 232 g/mol. The predicted molar refractivity (Wildman–Crippen MR) is 47.5 cm³/mol.